The van der Waals surface area contributed by atoms with E-state index >= 15 is 0 Å². The monoisotopic (exact) mass is 417 g/mol. The van der Waals surface area contributed by atoms with E-state index in [4.69, 9.17) is 21.7 Å². The first-order valence-electron chi connectivity index (χ1n) is 8.15. The minimum absolute atomic E-state index is 0.124. The zero-order valence-corrected chi connectivity index (χ0v) is 16.6. The average Bonchev–Trinajstić information content (AvgIpc) is 2.91. The highest BCUT2D eigenvalue weighted by Gasteiger charge is 2.28. The number of rotatable bonds is 6. The fraction of sp³-hybridized carbons (Fsp3) is 0.167. The number of hydrogen-bond acceptors (Lipinski definition) is 8. The Morgan fingerprint density at radius 1 is 1.32 bits per heavy atom. The van der Waals surface area contributed by atoms with Crippen LogP contribution >= 0.6 is 24.0 Å². The van der Waals surface area contributed by atoms with Crippen molar-refractivity contribution in [3.63, 3.8) is 0 Å². The number of nitrogens with zero attached hydrogens (tertiary/aromatic N) is 3. The number of nitro groups is 1. The first-order valence-corrected chi connectivity index (χ1v) is 9.38. The first-order chi connectivity index (χ1) is 13.4. The van der Waals surface area contributed by atoms with E-state index in [0.717, 1.165) is 11.8 Å². The SMILES string of the molecule is CCOc1cc(/C=C2/SC(=S)N(C)C2=O)ccc1Oc1ccc([N+](=O)[O-])cn1. The Morgan fingerprint density at radius 2 is 2.11 bits per heavy atom. The van der Waals surface area contributed by atoms with Crippen molar-refractivity contribution in [3.05, 3.63) is 57.1 Å². The molecule has 1 aliphatic heterocycles. The van der Waals surface area contributed by atoms with E-state index in [1.54, 1.807) is 31.3 Å². The zero-order valence-electron chi connectivity index (χ0n) is 14.9. The highest BCUT2D eigenvalue weighted by molar-refractivity contribution is 8.26. The number of pyridine rings is 1. The molecule has 1 amide bonds. The van der Waals surface area contributed by atoms with Crippen molar-refractivity contribution >= 4 is 46.0 Å². The Hall–Kier alpha value is -2.98. The average molecular weight is 417 g/mol. The van der Waals surface area contributed by atoms with Crippen molar-refractivity contribution in [3.8, 4) is 17.4 Å². The van der Waals surface area contributed by atoms with Gasteiger partial charge in [0.25, 0.3) is 11.6 Å². The van der Waals surface area contributed by atoms with Crippen molar-refractivity contribution in [2.24, 2.45) is 0 Å². The molecule has 10 heteroatoms. The minimum atomic E-state index is -0.532. The number of thioether (sulfide) groups is 1. The van der Waals surface area contributed by atoms with E-state index in [-0.39, 0.29) is 17.5 Å². The molecule has 1 aliphatic rings. The van der Waals surface area contributed by atoms with E-state index in [1.807, 2.05) is 6.92 Å². The third-order valence-electron chi connectivity index (χ3n) is 3.70. The number of aromatic nitrogens is 1. The quantitative estimate of drug-likeness (QED) is 0.301. The number of carbonyl (C=O) groups excluding carboxylic acids is 1. The highest BCUT2D eigenvalue weighted by Crippen LogP contribution is 2.35. The molecule has 1 fully saturated rings. The van der Waals surface area contributed by atoms with Crippen LogP contribution in [0.5, 0.6) is 17.4 Å². The van der Waals surface area contributed by atoms with Gasteiger partial charge in [-0.1, -0.05) is 30.0 Å². The summed E-state index contributed by atoms with van der Waals surface area (Å²) in [6, 6.07) is 7.92. The summed E-state index contributed by atoms with van der Waals surface area (Å²) >= 11 is 6.37. The maximum Gasteiger partial charge on any atom is 0.287 e. The van der Waals surface area contributed by atoms with Crippen LogP contribution in [0.25, 0.3) is 6.08 Å². The summed E-state index contributed by atoms with van der Waals surface area (Å²) in [4.78, 5) is 28.2. The van der Waals surface area contributed by atoms with Crippen LogP contribution in [0.2, 0.25) is 0 Å². The van der Waals surface area contributed by atoms with Gasteiger partial charge in [-0.3, -0.25) is 19.8 Å². The number of carbonyl (C=O) groups is 1. The number of thiocarbonyl (C=S) groups is 1. The third kappa shape index (κ3) is 4.29. The van der Waals surface area contributed by atoms with Gasteiger partial charge in [0, 0.05) is 19.2 Å². The second-order valence-electron chi connectivity index (χ2n) is 5.59. The molecular weight excluding hydrogens is 402 g/mol. The maximum absolute atomic E-state index is 12.2. The molecule has 1 saturated heterocycles. The lowest BCUT2D eigenvalue weighted by Gasteiger charge is -2.12. The number of amides is 1. The number of likely N-dealkylation sites (N-methyl/N-ethyl adjacent to an activating group) is 1. The van der Waals surface area contributed by atoms with Gasteiger partial charge >= 0.3 is 0 Å². The molecule has 0 unspecified atom stereocenters. The van der Waals surface area contributed by atoms with Gasteiger partial charge in [-0.05, 0) is 30.7 Å². The predicted molar refractivity (Wildman–Crippen MR) is 110 cm³/mol. The molecule has 8 nitrogen and oxygen atoms in total. The van der Waals surface area contributed by atoms with Crippen LogP contribution in [0.4, 0.5) is 5.69 Å². The van der Waals surface area contributed by atoms with Gasteiger partial charge in [-0.2, -0.15) is 0 Å². The second kappa shape index (κ2) is 8.36. The van der Waals surface area contributed by atoms with Crippen LogP contribution in [0, 0.1) is 10.1 Å². The first kappa shape index (κ1) is 19.8. The summed E-state index contributed by atoms with van der Waals surface area (Å²) in [5.74, 6) is 0.918. The Morgan fingerprint density at radius 3 is 2.68 bits per heavy atom. The highest BCUT2D eigenvalue weighted by atomic mass is 32.2. The number of ether oxygens (including phenoxy) is 2. The molecule has 2 heterocycles. The van der Waals surface area contributed by atoms with Crippen LogP contribution in [0.3, 0.4) is 0 Å². The molecule has 0 radical (unpaired) electrons. The summed E-state index contributed by atoms with van der Waals surface area (Å²) in [5.41, 5.74) is 0.627. The van der Waals surface area contributed by atoms with Crippen molar-refractivity contribution in [2.45, 2.75) is 6.92 Å². The zero-order chi connectivity index (χ0) is 20.3. The fourth-order valence-corrected chi connectivity index (χ4v) is 3.50. The topological polar surface area (TPSA) is 94.8 Å². The normalized spacial score (nSPS) is 15.2. The maximum atomic E-state index is 12.2. The van der Waals surface area contributed by atoms with E-state index in [1.165, 1.54) is 28.8 Å². The Bertz CT molecular complexity index is 976. The summed E-state index contributed by atoms with van der Waals surface area (Å²) in [6.07, 6.45) is 2.86. The molecular formula is C18H15N3O5S2. The standard InChI is InChI=1S/C18H15N3O5S2/c1-3-25-14-8-11(9-15-17(22)20(2)18(27)28-15)4-6-13(14)26-16-7-5-12(10-19-16)21(23)24/h4-10H,3H2,1-2H3/b15-9+. The third-order valence-corrected chi connectivity index (χ3v) is 5.18. The fourth-order valence-electron chi connectivity index (χ4n) is 2.32. The van der Waals surface area contributed by atoms with Gasteiger partial charge < -0.3 is 9.47 Å². The van der Waals surface area contributed by atoms with Crippen LogP contribution in [0.1, 0.15) is 12.5 Å². The Kier molecular flexibility index (Phi) is 5.90. The van der Waals surface area contributed by atoms with Gasteiger partial charge in [0.1, 0.15) is 10.5 Å². The van der Waals surface area contributed by atoms with E-state index < -0.39 is 4.92 Å². The second-order valence-corrected chi connectivity index (χ2v) is 7.27. The molecule has 0 N–H and O–H groups in total. The largest absolute Gasteiger partial charge is 0.490 e. The molecule has 2 aromatic rings. The molecule has 144 valence electrons. The minimum Gasteiger partial charge on any atom is -0.490 e. The molecule has 0 aliphatic carbocycles. The Labute approximate surface area is 170 Å². The van der Waals surface area contributed by atoms with Gasteiger partial charge in [0.15, 0.2) is 11.5 Å². The molecule has 3 rings (SSSR count). The predicted octanol–water partition coefficient (Wildman–Crippen LogP) is 4.01. The van der Waals surface area contributed by atoms with Crippen LogP contribution in [-0.2, 0) is 4.79 Å². The Balaban J connectivity index is 1.86. The molecule has 1 aromatic heterocycles. The van der Waals surface area contributed by atoms with Crippen LogP contribution in [-0.4, -0.2) is 38.7 Å². The lowest BCUT2D eigenvalue weighted by molar-refractivity contribution is -0.385. The van der Waals surface area contributed by atoms with Crippen molar-refractivity contribution < 1.29 is 19.2 Å². The van der Waals surface area contributed by atoms with E-state index in [9.17, 15) is 14.9 Å². The van der Waals surface area contributed by atoms with E-state index in [2.05, 4.69) is 4.98 Å². The van der Waals surface area contributed by atoms with Gasteiger partial charge in [-0.25, -0.2) is 4.98 Å². The molecule has 0 saturated carbocycles. The lowest BCUT2D eigenvalue weighted by Crippen LogP contribution is -2.22. The molecule has 28 heavy (non-hydrogen) atoms. The summed E-state index contributed by atoms with van der Waals surface area (Å²) in [7, 11) is 1.64. The van der Waals surface area contributed by atoms with Gasteiger partial charge in [0.2, 0.25) is 5.88 Å². The van der Waals surface area contributed by atoms with Crippen molar-refractivity contribution in [2.75, 3.05) is 13.7 Å². The van der Waals surface area contributed by atoms with Crippen LogP contribution in [0.15, 0.2) is 41.4 Å². The molecule has 0 spiro atoms. The van der Waals surface area contributed by atoms with Crippen molar-refractivity contribution in [1.29, 1.82) is 0 Å². The smallest absolute Gasteiger partial charge is 0.287 e. The van der Waals surface area contributed by atoms with Crippen LogP contribution < -0.4 is 9.47 Å². The van der Waals surface area contributed by atoms with Gasteiger partial charge in [0.05, 0.1) is 16.4 Å². The number of hydrogen-bond donors (Lipinski definition) is 0. The summed E-state index contributed by atoms with van der Waals surface area (Å²) in [6.45, 7) is 2.24. The van der Waals surface area contributed by atoms with E-state index in [0.29, 0.717) is 27.3 Å². The summed E-state index contributed by atoms with van der Waals surface area (Å²) in [5, 5.41) is 10.7. The lowest BCUT2D eigenvalue weighted by atomic mass is 10.2. The summed E-state index contributed by atoms with van der Waals surface area (Å²) < 4.78 is 11.8. The van der Waals surface area contributed by atoms with Crippen molar-refractivity contribution in [1.82, 2.24) is 9.88 Å². The molecule has 1 aromatic carbocycles. The molecule has 0 bridgehead atoms. The molecule has 0 atom stereocenters. The van der Waals surface area contributed by atoms with Gasteiger partial charge in [-0.15, -0.1) is 0 Å². The number of benzene rings is 1.